The topological polar surface area (TPSA) is 64.0 Å². The molecule has 0 aliphatic carbocycles. The van der Waals surface area contributed by atoms with Crippen LogP contribution in [-0.2, 0) is 0 Å². The first-order chi connectivity index (χ1) is 9.02. The molecule has 1 aromatic rings. The lowest BCUT2D eigenvalue weighted by molar-refractivity contribution is 0.0419. The quantitative estimate of drug-likeness (QED) is 0.843. The number of halogens is 1. The molecule has 1 unspecified atom stereocenters. The van der Waals surface area contributed by atoms with Crippen LogP contribution in [-0.4, -0.2) is 65.3 Å². The number of aliphatic hydroxyl groups is 1. The van der Waals surface area contributed by atoms with Gasteiger partial charge in [0.15, 0.2) is 0 Å². The largest absolute Gasteiger partial charge is 0.507 e. The van der Waals surface area contributed by atoms with Crippen LogP contribution in [0.5, 0.6) is 5.75 Å². The number of rotatable bonds is 2. The van der Waals surface area contributed by atoms with Gasteiger partial charge in [0, 0.05) is 24.7 Å². The molecular weight excluding hydrogens is 268 g/mol. The van der Waals surface area contributed by atoms with E-state index in [1.54, 1.807) is 4.90 Å². The molecule has 5 nitrogen and oxygen atoms in total. The monoisotopic (exact) mass is 284 g/mol. The molecule has 0 saturated carbocycles. The summed E-state index contributed by atoms with van der Waals surface area (Å²) >= 11 is 5.85. The molecule has 0 bridgehead atoms. The van der Waals surface area contributed by atoms with E-state index in [9.17, 15) is 15.0 Å². The summed E-state index contributed by atoms with van der Waals surface area (Å²) in [4.78, 5) is 16.0. The van der Waals surface area contributed by atoms with Crippen molar-refractivity contribution >= 4 is 17.5 Å². The number of benzene rings is 1. The Bertz CT molecular complexity index is 481. The first-order valence-corrected chi connectivity index (χ1v) is 6.49. The lowest BCUT2D eigenvalue weighted by Gasteiger charge is -2.38. The van der Waals surface area contributed by atoms with Gasteiger partial charge in [-0.25, -0.2) is 0 Å². The highest BCUT2D eigenvalue weighted by Gasteiger charge is 2.28. The van der Waals surface area contributed by atoms with Gasteiger partial charge in [-0.1, -0.05) is 11.6 Å². The van der Waals surface area contributed by atoms with Crippen molar-refractivity contribution in [2.24, 2.45) is 0 Å². The summed E-state index contributed by atoms with van der Waals surface area (Å²) in [7, 11) is 1.92. The van der Waals surface area contributed by atoms with Gasteiger partial charge in [-0.3, -0.25) is 9.69 Å². The van der Waals surface area contributed by atoms with Gasteiger partial charge in [0.1, 0.15) is 5.75 Å². The van der Waals surface area contributed by atoms with Gasteiger partial charge in [0.25, 0.3) is 5.91 Å². The number of piperazine rings is 1. The molecule has 1 heterocycles. The predicted molar refractivity (Wildman–Crippen MR) is 72.5 cm³/mol. The van der Waals surface area contributed by atoms with E-state index in [-0.39, 0.29) is 29.9 Å². The van der Waals surface area contributed by atoms with Gasteiger partial charge in [-0.2, -0.15) is 0 Å². The predicted octanol–water partition coefficient (Wildman–Crippen LogP) is 0.794. The number of phenols is 1. The summed E-state index contributed by atoms with van der Waals surface area (Å²) in [6.07, 6.45) is 0. The van der Waals surface area contributed by atoms with Crippen molar-refractivity contribution in [3.8, 4) is 5.75 Å². The number of amides is 1. The Morgan fingerprint density at radius 1 is 1.47 bits per heavy atom. The van der Waals surface area contributed by atoms with Gasteiger partial charge in [-0.05, 0) is 25.2 Å². The zero-order valence-corrected chi connectivity index (χ0v) is 11.5. The molecule has 1 atom stereocenters. The highest BCUT2D eigenvalue weighted by Crippen LogP contribution is 2.23. The summed E-state index contributed by atoms with van der Waals surface area (Å²) in [5, 5.41) is 19.4. The average Bonchev–Trinajstić information content (AvgIpc) is 2.41. The molecule has 1 aliphatic heterocycles. The van der Waals surface area contributed by atoms with E-state index < -0.39 is 0 Å². The minimum absolute atomic E-state index is 0.00179. The Morgan fingerprint density at radius 3 is 2.89 bits per heavy atom. The van der Waals surface area contributed by atoms with E-state index in [1.165, 1.54) is 18.2 Å². The molecule has 1 amide bonds. The molecule has 2 rings (SSSR count). The number of likely N-dealkylation sites (N-methyl/N-ethyl adjacent to an activating group) is 1. The molecule has 1 fully saturated rings. The Hall–Kier alpha value is -1.30. The van der Waals surface area contributed by atoms with E-state index in [0.717, 1.165) is 0 Å². The van der Waals surface area contributed by atoms with Crippen LogP contribution >= 0.6 is 11.6 Å². The summed E-state index contributed by atoms with van der Waals surface area (Å²) in [5.74, 6) is -0.333. The second-order valence-electron chi connectivity index (χ2n) is 4.73. The number of carbonyl (C=O) groups is 1. The fourth-order valence-corrected chi connectivity index (χ4v) is 2.35. The van der Waals surface area contributed by atoms with Crippen LogP contribution < -0.4 is 0 Å². The van der Waals surface area contributed by atoms with Crippen molar-refractivity contribution in [3.05, 3.63) is 28.8 Å². The fraction of sp³-hybridized carbons (Fsp3) is 0.462. The second kappa shape index (κ2) is 5.77. The molecule has 1 aliphatic rings. The number of aromatic hydroxyl groups is 1. The average molecular weight is 285 g/mol. The van der Waals surface area contributed by atoms with E-state index in [4.69, 9.17) is 11.6 Å². The summed E-state index contributed by atoms with van der Waals surface area (Å²) < 4.78 is 0. The maximum Gasteiger partial charge on any atom is 0.257 e. The Labute approximate surface area is 117 Å². The van der Waals surface area contributed by atoms with Crippen molar-refractivity contribution in [2.75, 3.05) is 33.3 Å². The second-order valence-corrected chi connectivity index (χ2v) is 5.17. The summed E-state index contributed by atoms with van der Waals surface area (Å²) in [6, 6.07) is 4.34. The molecular formula is C13H17ClN2O3. The van der Waals surface area contributed by atoms with Gasteiger partial charge in [-0.15, -0.1) is 0 Å². The lowest BCUT2D eigenvalue weighted by Crippen LogP contribution is -2.54. The van der Waals surface area contributed by atoms with Gasteiger partial charge in [0.05, 0.1) is 18.2 Å². The molecule has 6 heteroatoms. The minimum Gasteiger partial charge on any atom is -0.507 e. The van der Waals surface area contributed by atoms with Crippen LogP contribution in [0.15, 0.2) is 18.2 Å². The van der Waals surface area contributed by atoms with Crippen LogP contribution in [0.4, 0.5) is 0 Å². The van der Waals surface area contributed by atoms with Crippen LogP contribution in [0.2, 0.25) is 5.02 Å². The molecule has 19 heavy (non-hydrogen) atoms. The van der Waals surface area contributed by atoms with Crippen LogP contribution in [0.3, 0.4) is 0 Å². The van der Waals surface area contributed by atoms with E-state index >= 15 is 0 Å². The SMILES string of the molecule is CN1CCN(C(=O)c2cc(Cl)ccc2O)CC1CO. The number of hydrogen-bond donors (Lipinski definition) is 2. The van der Waals surface area contributed by atoms with Crippen LogP contribution in [0, 0.1) is 0 Å². The number of phenolic OH excluding ortho intramolecular Hbond substituents is 1. The van der Waals surface area contributed by atoms with Crippen LogP contribution in [0.25, 0.3) is 0 Å². The first kappa shape index (κ1) is 14.1. The number of nitrogens with zero attached hydrogens (tertiary/aromatic N) is 2. The van der Waals surface area contributed by atoms with E-state index in [0.29, 0.717) is 24.7 Å². The highest BCUT2D eigenvalue weighted by atomic mass is 35.5. The third kappa shape index (κ3) is 3.00. The maximum absolute atomic E-state index is 12.3. The maximum atomic E-state index is 12.3. The third-order valence-corrected chi connectivity index (χ3v) is 3.70. The Kier molecular flexibility index (Phi) is 4.29. The van der Waals surface area contributed by atoms with Crippen molar-refractivity contribution in [1.82, 2.24) is 9.80 Å². The molecule has 104 valence electrons. The lowest BCUT2D eigenvalue weighted by atomic mass is 10.1. The van der Waals surface area contributed by atoms with Crippen molar-refractivity contribution in [2.45, 2.75) is 6.04 Å². The molecule has 0 spiro atoms. The molecule has 0 aromatic heterocycles. The van der Waals surface area contributed by atoms with Crippen molar-refractivity contribution in [1.29, 1.82) is 0 Å². The van der Waals surface area contributed by atoms with Crippen molar-refractivity contribution < 1.29 is 15.0 Å². The van der Waals surface area contributed by atoms with Gasteiger partial charge in [0.2, 0.25) is 0 Å². The fourth-order valence-electron chi connectivity index (χ4n) is 2.18. The van der Waals surface area contributed by atoms with Gasteiger partial charge >= 0.3 is 0 Å². The zero-order chi connectivity index (χ0) is 14.0. The Morgan fingerprint density at radius 2 is 2.21 bits per heavy atom. The molecule has 1 aromatic carbocycles. The summed E-state index contributed by atoms with van der Waals surface area (Å²) in [5.41, 5.74) is 0.203. The Balaban J connectivity index is 2.18. The highest BCUT2D eigenvalue weighted by molar-refractivity contribution is 6.31. The van der Waals surface area contributed by atoms with Crippen LogP contribution in [0.1, 0.15) is 10.4 Å². The van der Waals surface area contributed by atoms with Gasteiger partial charge < -0.3 is 15.1 Å². The first-order valence-electron chi connectivity index (χ1n) is 6.12. The molecule has 1 saturated heterocycles. The standard InChI is InChI=1S/C13H17ClN2O3/c1-15-4-5-16(7-10(15)8-17)13(19)11-6-9(14)2-3-12(11)18/h2-3,6,10,17-18H,4-5,7-8H2,1H3. The number of aliphatic hydroxyl groups excluding tert-OH is 1. The zero-order valence-electron chi connectivity index (χ0n) is 10.7. The number of hydrogen-bond acceptors (Lipinski definition) is 4. The minimum atomic E-state index is -0.258. The molecule has 0 radical (unpaired) electrons. The normalized spacial score (nSPS) is 20.6. The third-order valence-electron chi connectivity index (χ3n) is 3.46. The van der Waals surface area contributed by atoms with Crippen molar-refractivity contribution in [3.63, 3.8) is 0 Å². The van der Waals surface area contributed by atoms with E-state index in [2.05, 4.69) is 0 Å². The smallest absolute Gasteiger partial charge is 0.257 e. The molecule has 2 N–H and O–H groups in total. The van der Waals surface area contributed by atoms with E-state index in [1.807, 2.05) is 11.9 Å². The summed E-state index contributed by atoms with van der Waals surface area (Å²) in [6.45, 7) is 1.70. The number of carbonyl (C=O) groups excluding carboxylic acids is 1.